The van der Waals surface area contributed by atoms with E-state index in [1.54, 1.807) is 19.2 Å². The van der Waals surface area contributed by atoms with Crippen LogP contribution in [0.25, 0.3) is 0 Å². The first-order valence-corrected chi connectivity index (χ1v) is 6.55. The summed E-state index contributed by atoms with van der Waals surface area (Å²) in [5, 5.41) is 12.5. The van der Waals surface area contributed by atoms with Gasteiger partial charge in [-0.25, -0.2) is 9.97 Å². The lowest BCUT2D eigenvalue weighted by atomic mass is 10.3. The maximum absolute atomic E-state index is 12.0. The molecule has 2 aromatic rings. The minimum Gasteiger partial charge on any atom is -0.373 e. The lowest BCUT2D eigenvalue weighted by molar-refractivity contribution is 0.0948. The lowest BCUT2D eigenvalue weighted by Crippen LogP contribution is -2.26. The van der Waals surface area contributed by atoms with E-state index in [1.807, 2.05) is 0 Å². The van der Waals surface area contributed by atoms with E-state index in [9.17, 15) is 4.79 Å². The molecule has 0 unspecified atom stereocenters. The highest BCUT2D eigenvalue weighted by Crippen LogP contribution is 2.16. The Morgan fingerprint density at radius 3 is 3.00 bits per heavy atom. The minimum atomic E-state index is -0.287. The highest BCUT2D eigenvalue weighted by Gasteiger charge is 2.12. The van der Waals surface area contributed by atoms with Crippen molar-refractivity contribution in [1.82, 2.24) is 25.5 Å². The number of nitrogens with zero attached hydrogens (tertiary/aromatic N) is 3. The molecule has 0 aliphatic carbocycles. The van der Waals surface area contributed by atoms with Gasteiger partial charge in [-0.05, 0) is 18.6 Å². The van der Waals surface area contributed by atoms with Gasteiger partial charge in [-0.15, -0.1) is 0 Å². The molecular weight excluding hydrogens is 280 g/mol. The molecule has 0 saturated carbocycles. The molecule has 1 amide bonds. The van der Waals surface area contributed by atoms with Crippen LogP contribution in [0.15, 0.2) is 18.5 Å². The predicted molar refractivity (Wildman–Crippen MR) is 75.8 cm³/mol. The molecule has 8 heteroatoms. The van der Waals surface area contributed by atoms with Crippen molar-refractivity contribution in [3.63, 3.8) is 0 Å². The van der Waals surface area contributed by atoms with Crippen LogP contribution in [0.3, 0.4) is 0 Å². The van der Waals surface area contributed by atoms with Crippen molar-refractivity contribution in [3.8, 4) is 0 Å². The Balaban J connectivity index is 1.85. The third-order valence-electron chi connectivity index (χ3n) is 2.66. The number of halogens is 1. The quantitative estimate of drug-likeness (QED) is 0.697. The van der Waals surface area contributed by atoms with Gasteiger partial charge in [0.2, 0.25) is 0 Å². The molecule has 0 saturated heterocycles. The summed E-state index contributed by atoms with van der Waals surface area (Å²) >= 11 is 5.97. The average molecular weight is 295 g/mol. The van der Waals surface area contributed by atoms with Crippen LogP contribution in [-0.4, -0.2) is 39.7 Å². The molecule has 2 aromatic heterocycles. The summed E-state index contributed by atoms with van der Waals surface area (Å²) in [5.74, 6) is 1.11. The van der Waals surface area contributed by atoms with Crippen LogP contribution in [0.4, 0.5) is 5.82 Å². The van der Waals surface area contributed by atoms with E-state index >= 15 is 0 Å². The van der Waals surface area contributed by atoms with Crippen LogP contribution in [0.2, 0.25) is 5.02 Å². The molecule has 7 nitrogen and oxygen atoms in total. The van der Waals surface area contributed by atoms with Gasteiger partial charge in [-0.2, -0.15) is 5.10 Å². The Morgan fingerprint density at radius 1 is 1.45 bits per heavy atom. The van der Waals surface area contributed by atoms with Crippen molar-refractivity contribution in [1.29, 1.82) is 0 Å². The summed E-state index contributed by atoms with van der Waals surface area (Å²) in [6.07, 6.45) is 2.93. The first kappa shape index (κ1) is 14.3. The molecule has 0 aromatic carbocycles. The van der Waals surface area contributed by atoms with Crippen LogP contribution in [0.5, 0.6) is 0 Å². The van der Waals surface area contributed by atoms with E-state index in [1.165, 1.54) is 6.33 Å². The van der Waals surface area contributed by atoms with Gasteiger partial charge in [-0.1, -0.05) is 11.6 Å². The van der Waals surface area contributed by atoms with Gasteiger partial charge in [0.1, 0.15) is 23.7 Å². The molecule has 20 heavy (non-hydrogen) atoms. The van der Waals surface area contributed by atoms with E-state index in [2.05, 4.69) is 30.8 Å². The van der Waals surface area contributed by atoms with Crippen molar-refractivity contribution in [3.05, 3.63) is 35.0 Å². The van der Waals surface area contributed by atoms with Crippen molar-refractivity contribution < 1.29 is 4.79 Å². The van der Waals surface area contributed by atoms with Gasteiger partial charge in [0, 0.05) is 20.0 Å². The summed E-state index contributed by atoms with van der Waals surface area (Å²) < 4.78 is 0. The fraction of sp³-hybridized carbons (Fsp3) is 0.333. The second-order valence-electron chi connectivity index (χ2n) is 4.07. The van der Waals surface area contributed by atoms with E-state index in [-0.39, 0.29) is 11.6 Å². The summed E-state index contributed by atoms with van der Waals surface area (Å²) in [6, 6.07) is 3.35. The minimum absolute atomic E-state index is 0.221. The fourth-order valence-electron chi connectivity index (χ4n) is 1.63. The Bertz CT molecular complexity index is 571. The molecular formula is C12H15ClN6O. The van der Waals surface area contributed by atoms with Gasteiger partial charge >= 0.3 is 0 Å². The number of aromatic nitrogens is 4. The number of H-pyrrole nitrogens is 1. The zero-order valence-corrected chi connectivity index (χ0v) is 11.7. The van der Waals surface area contributed by atoms with Crippen LogP contribution >= 0.6 is 11.6 Å². The smallest absolute Gasteiger partial charge is 0.271 e. The first-order chi connectivity index (χ1) is 9.70. The van der Waals surface area contributed by atoms with Crippen LogP contribution < -0.4 is 10.6 Å². The van der Waals surface area contributed by atoms with Gasteiger partial charge in [-0.3, -0.25) is 9.89 Å². The van der Waals surface area contributed by atoms with Gasteiger partial charge in [0.25, 0.3) is 5.91 Å². The Hall–Kier alpha value is -2.15. The number of anilines is 1. The molecule has 0 radical (unpaired) electrons. The van der Waals surface area contributed by atoms with Gasteiger partial charge in [0.15, 0.2) is 0 Å². The molecule has 0 atom stereocenters. The van der Waals surface area contributed by atoms with E-state index < -0.39 is 0 Å². The van der Waals surface area contributed by atoms with E-state index in [4.69, 9.17) is 11.6 Å². The van der Waals surface area contributed by atoms with Crippen molar-refractivity contribution >= 4 is 23.3 Å². The molecule has 0 fully saturated rings. The zero-order chi connectivity index (χ0) is 14.4. The van der Waals surface area contributed by atoms with Crippen LogP contribution in [-0.2, 0) is 6.42 Å². The highest BCUT2D eigenvalue weighted by atomic mass is 35.5. The fourth-order valence-corrected chi connectivity index (χ4v) is 1.82. The molecule has 0 aliphatic heterocycles. The van der Waals surface area contributed by atoms with Gasteiger partial charge in [0.05, 0.1) is 5.02 Å². The number of aryl methyl sites for hydroxylation is 1. The molecule has 0 aliphatic rings. The predicted octanol–water partition coefficient (Wildman–Crippen LogP) is 1.26. The maximum Gasteiger partial charge on any atom is 0.271 e. The first-order valence-electron chi connectivity index (χ1n) is 6.17. The summed E-state index contributed by atoms with van der Waals surface area (Å²) in [4.78, 5) is 20.1. The molecule has 0 bridgehead atoms. The van der Waals surface area contributed by atoms with Gasteiger partial charge < -0.3 is 10.6 Å². The van der Waals surface area contributed by atoms with E-state index in [0.717, 1.165) is 18.7 Å². The van der Waals surface area contributed by atoms with Crippen molar-refractivity contribution in [2.45, 2.75) is 12.8 Å². The normalized spacial score (nSPS) is 10.3. The molecule has 106 valence electrons. The Kier molecular flexibility index (Phi) is 4.89. The second-order valence-corrected chi connectivity index (χ2v) is 4.48. The summed E-state index contributed by atoms with van der Waals surface area (Å²) in [7, 11) is 1.73. The number of carbonyl (C=O) groups is 1. The van der Waals surface area contributed by atoms with E-state index in [0.29, 0.717) is 17.4 Å². The summed E-state index contributed by atoms with van der Waals surface area (Å²) in [6.45, 7) is 0.515. The number of rotatable bonds is 6. The number of pyridine rings is 1. The zero-order valence-electron chi connectivity index (χ0n) is 11.0. The monoisotopic (exact) mass is 294 g/mol. The SMILES string of the molecule is CNc1ccc(Cl)c(C(=O)NCCCc2ncn[nH]2)n1. The second kappa shape index (κ2) is 6.85. The number of hydrogen-bond acceptors (Lipinski definition) is 5. The third kappa shape index (κ3) is 3.67. The Labute approximate surface area is 121 Å². The molecule has 2 rings (SSSR count). The van der Waals surface area contributed by atoms with Crippen LogP contribution in [0.1, 0.15) is 22.7 Å². The molecule has 3 N–H and O–H groups in total. The number of amides is 1. The largest absolute Gasteiger partial charge is 0.373 e. The molecule has 2 heterocycles. The number of hydrogen-bond donors (Lipinski definition) is 3. The maximum atomic E-state index is 12.0. The topological polar surface area (TPSA) is 95.6 Å². The Morgan fingerprint density at radius 2 is 2.30 bits per heavy atom. The molecule has 0 spiro atoms. The third-order valence-corrected chi connectivity index (χ3v) is 2.96. The average Bonchev–Trinajstić information content (AvgIpc) is 2.97. The number of aromatic amines is 1. The summed E-state index contributed by atoms with van der Waals surface area (Å²) in [5.41, 5.74) is 0.221. The van der Waals surface area contributed by atoms with Crippen molar-refractivity contribution in [2.24, 2.45) is 0 Å². The number of carbonyl (C=O) groups excluding carboxylic acids is 1. The highest BCUT2D eigenvalue weighted by molar-refractivity contribution is 6.33. The number of nitrogens with one attached hydrogen (secondary N) is 3. The lowest BCUT2D eigenvalue weighted by Gasteiger charge is -2.07. The van der Waals surface area contributed by atoms with Crippen LogP contribution in [0, 0.1) is 0 Å². The standard InChI is InChI=1S/C12H15ClN6O/c1-14-9-5-4-8(13)11(18-9)12(20)15-6-2-3-10-16-7-17-19-10/h4-5,7H,2-3,6H2,1H3,(H,14,18)(H,15,20)(H,16,17,19). The van der Waals surface area contributed by atoms with Crippen molar-refractivity contribution in [2.75, 3.05) is 18.9 Å².